The summed E-state index contributed by atoms with van der Waals surface area (Å²) in [5.74, 6) is 0.121. The largest absolute Gasteiger partial charge is 0.493 e. The minimum atomic E-state index is -0.531. The van der Waals surface area contributed by atoms with E-state index in [0.717, 1.165) is 6.42 Å². The number of hydrogen-bond donors (Lipinski definition) is 2. The number of anilines is 1. The third kappa shape index (κ3) is 9.01. The Kier molecular flexibility index (Phi) is 11.1. The molecule has 0 aliphatic heterocycles. The number of hydrazine groups is 1. The number of benzene rings is 2. The number of methoxy groups -OCH3 is 1. The second kappa shape index (κ2) is 14.3. The highest BCUT2D eigenvalue weighted by Gasteiger charge is 2.17. The Morgan fingerprint density at radius 3 is 2.43 bits per heavy atom. The predicted octanol–water partition coefficient (Wildman–Crippen LogP) is 3.61. The third-order valence-corrected chi connectivity index (χ3v) is 5.08. The molecule has 0 aliphatic carbocycles. The van der Waals surface area contributed by atoms with Gasteiger partial charge in [0.15, 0.2) is 11.5 Å². The number of para-hydroxylation sites is 1. The summed E-state index contributed by atoms with van der Waals surface area (Å²) in [6.07, 6.45) is 0.870. The molecule has 9 heteroatoms. The van der Waals surface area contributed by atoms with Crippen molar-refractivity contribution in [3.63, 3.8) is 0 Å². The fraction of sp³-hybridized carbons (Fsp3) is 0.385. The van der Waals surface area contributed by atoms with Crippen LogP contribution in [0.25, 0.3) is 0 Å². The van der Waals surface area contributed by atoms with Crippen LogP contribution in [0.5, 0.6) is 11.5 Å². The molecule has 2 rings (SSSR count). The number of nitriles is 1. The average molecular weight is 481 g/mol. The van der Waals surface area contributed by atoms with Gasteiger partial charge in [-0.3, -0.25) is 25.2 Å². The first kappa shape index (κ1) is 27.2. The molecule has 2 N–H and O–H groups in total. The van der Waals surface area contributed by atoms with Crippen molar-refractivity contribution in [1.29, 1.82) is 5.26 Å². The summed E-state index contributed by atoms with van der Waals surface area (Å²) in [4.78, 5) is 38.8. The fourth-order valence-electron chi connectivity index (χ4n) is 3.12. The first-order chi connectivity index (χ1) is 16.8. The van der Waals surface area contributed by atoms with E-state index in [-0.39, 0.29) is 37.3 Å². The molecule has 0 saturated heterocycles. The van der Waals surface area contributed by atoms with Crippen molar-refractivity contribution in [2.45, 2.75) is 39.5 Å². The first-order valence-electron chi connectivity index (χ1n) is 11.5. The lowest BCUT2D eigenvalue weighted by atomic mass is 10.1. The van der Waals surface area contributed by atoms with Gasteiger partial charge >= 0.3 is 0 Å². The molecular formula is C26H32N4O5. The summed E-state index contributed by atoms with van der Waals surface area (Å²) >= 11 is 0. The summed E-state index contributed by atoms with van der Waals surface area (Å²) in [5, 5.41) is 8.88. The summed E-state index contributed by atoms with van der Waals surface area (Å²) in [6.45, 7) is 4.97. The minimum Gasteiger partial charge on any atom is -0.493 e. The molecular weight excluding hydrogens is 448 g/mol. The van der Waals surface area contributed by atoms with Gasteiger partial charge in [0.1, 0.15) is 0 Å². The van der Waals surface area contributed by atoms with Crippen LogP contribution in [0.3, 0.4) is 0 Å². The summed E-state index contributed by atoms with van der Waals surface area (Å²) in [5.41, 5.74) is 5.61. The second-order valence-electron chi connectivity index (χ2n) is 8.19. The standard InChI is InChI=1S/C26H32N4O5/c1-19(2)14-17-35-22-11-10-20(18-23(22)34-3)26(33)29-28-24(31)12-13-25(32)30(16-7-15-27)21-8-5-4-6-9-21/h4-6,8-11,18-19H,7,12-14,16-17H2,1-3H3,(H,28,31)(H,29,33). The Labute approximate surface area is 206 Å². The molecule has 0 fully saturated rings. The fourth-order valence-corrected chi connectivity index (χ4v) is 3.12. The number of amides is 3. The molecule has 0 saturated carbocycles. The number of rotatable bonds is 12. The van der Waals surface area contributed by atoms with Crippen LogP contribution >= 0.6 is 0 Å². The zero-order valence-electron chi connectivity index (χ0n) is 20.4. The average Bonchev–Trinajstić information content (AvgIpc) is 2.86. The van der Waals surface area contributed by atoms with Crippen LogP contribution in [0, 0.1) is 17.2 Å². The summed E-state index contributed by atoms with van der Waals surface area (Å²) < 4.78 is 11.0. The summed E-state index contributed by atoms with van der Waals surface area (Å²) in [7, 11) is 1.49. The maximum Gasteiger partial charge on any atom is 0.269 e. The molecule has 3 amide bonds. The maximum absolute atomic E-state index is 12.7. The van der Waals surface area contributed by atoms with Gasteiger partial charge in [-0.15, -0.1) is 0 Å². The number of hydrogen-bond acceptors (Lipinski definition) is 6. The molecule has 0 spiro atoms. The highest BCUT2D eigenvalue weighted by atomic mass is 16.5. The van der Waals surface area contributed by atoms with E-state index >= 15 is 0 Å². The monoisotopic (exact) mass is 480 g/mol. The zero-order valence-corrected chi connectivity index (χ0v) is 20.4. The van der Waals surface area contributed by atoms with Crippen molar-refractivity contribution in [1.82, 2.24) is 10.9 Å². The van der Waals surface area contributed by atoms with E-state index in [1.54, 1.807) is 36.4 Å². The molecule has 0 heterocycles. The first-order valence-corrected chi connectivity index (χ1v) is 11.5. The topological polar surface area (TPSA) is 121 Å². The van der Waals surface area contributed by atoms with Crippen LogP contribution in [0.1, 0.15) is 49.9 Å². The van der Waals surface area contributed by atoms with Gasteiger partial charge in [0, 0.05) is 30.6 Å². The molecule has 186 valence electrons. The van der Waals surface area contributed by atoms with Gasteiger partial charge in [-0.2, -0.15) is 5.26 Å². The SMILES string of the molecule is COc1cc(C(=O)NNC(=O)CCC(=O)N(CCC#N)c2ccccc2)ccc1OCCC(C)C. The molecule has 0 unspecified atom stereocenters. The van der Waals surface area contributed by atoms with Crippen LogP contribution in [-0.2, 0) is 9.59 Å². The number of nitrogens with one attached hydrogen (secondary N) is 2. The van der Waals surface area contributed by atoms with E-state index in [1.807, 2.05) is 12.1 Å². The van der Waals surface area contributed by atoms with Crippen LogP contribution in [0.15, 0.2) is 48.5 Å². The Balaban J connectivity index is 1.87. The lowest BCUT2D eigenvalue weighted by Crippen LogP contribution is -2.42. The Morgan fingerprint density at radius 1 is 1.03 bits per heavy atom. The van der Waals surface area contributed by atoms with Gasteiger partial charge in [-0.25, -0.2) is 0 Å². The molecule has 0 atom stereocenters. The Morgan fingerprint density at radius 2 is 1.77 bits per heavy atom. The van der Waals surface area contributed by atoms with Gasteiger partial charge in [0.2, 0.25) is 11.8 Å². The van der Waals surface area contributed by atoms with E-state index in [2.05, 4.69) is 24.7 Å². The number of ether oxygens (including phenoxy) is 2. The van der Waals surface area contributed by atoms with Crippen molar-refractivity contribution in [2.75, 3.05) is 25.2 Å². The number of carbonyl (C=O) groups excluding carboxylic acids is 3. The van der Waals surface area contributed by atoms with Crippen molar-refractivity contribution in [3.8, 4) is 17.6 Å². The van der Waals surface area contributed by atoms with Crippen molar-refractivity contribution < 1.29 is 23.9 Å². The third-order valence-electron chi connectivity index (χ3n) is 5.08. The Hall–Kier alpha value is -4.06. The van der Waals surface area contributed by atoms with Gasteiger partial charge in [-0.1, -0.05) is 32.0 Å². The lowest BCUT2D eigenvalue weighted by molar-refractivity contribution is -0.125. The minimum absolute atomic E-state index is 0.0712. The van der Waals surface area contributed by atoms with Crippen LogP contribution in [0.4, 0.5) is 5.69 Å². The lowest BCUT2D eigenvalue weighted by Gasteiger charge is -2.21. The van der Waals surface area contributed by atoms with Crippen molar-refractivity contribution >= 4 is 23.4 Å². The van der Waals surface area contributed by atoms with Gasteiger partial charge in [0.25, 0.3) is 5.91 Å². The van der Waals surface area contributed by atoms with Gasteiger partial charge in [0.05, 0.1) is 26.2 Å². The molecule has 0 bridgehead atoms. The van der Waals surface area contributed by atoms with Gasteiger partial charge < -0.3 is 14.4 Å². The number of nitrogens with zero attached hydrogens (tertiary/aromatic N) is 2. The molecule has 0 aromatic heterocycles. The predicted molar refractivity (Wildman–Crippen MR) is 132 cm³/mol. The smallest absolute Gasteiger partial charge is 0.269 e. The van der Waals surface area contributed by atoms with E-state index in [9.17, 15) is 14.4 Å². The van der Waals surface area contributed by atoms with Crippen molar-refractivity contribution in [2.24, 2.45) is 5.92 Å². The maximum atomic E-state index is 12.7. The van der Waals surface area contributed by atoms with E-state index in [0.29, 0.717) is 29.7 Å². The van der Waals surface area contributed by atoms with E-state index in [4.69, 9.17) is 14.7 Å². The van der Waals surface area contributed by atoms with Gasteiger partial charge in [-0.05, 0) is 42.7 Å². The summed E-state index contributed by atoms with van der Waals surface area (Å²) in [6, 6.07) is 15.7. The Bertz CT molecular complexity index is 1030. The van der Waals surface area contributed by atoms with Crippen LogP contribution in [0.2, 0.25) is 0 Å². The number of carbonyl (C=O) groups is 3. The highest BCUT2D eigenvalue weighted by molar-refractivity contribution is 5.97. The molecule has 2 aromatic carbocycles. The molecule has 9 nitrogen and oxygen atoms in total. The van der Waals surface area contributed by atoms with Crippen LogP contribution < -0.4 is 25.2 Å². The van der Waals surface area contributed by atoms with Crippen LogP contribution in [-0.4, -0.2) is 38.0 Å². The molecule has 2 aromatic rings. The molecule has 35 heavy (non-hydrogen) atoms. The zero-order chi connectivity index (χ0) is 25.6. The molecule has 0 aliphatic rings. The quantitative estimate of drug-likeness (QED) is 0.448. The molecule has 0 radical (unpaired) electrons. The van der Waals surface area contributed by atoms with E-state index < -0.39 is 11.8 Å². The normalized spacial score (nSPS) is 10.3. The second-order valence-corrected chi connectivity index (χ2v) is 8.19. The van der Waals surface area contributed by atoms with Crippen molar-refractivity contribution in [3.05, 3.63) is 54.1 Å². The van der Waals surface area contributed by atoms with E-state index in [1.165, 1.54) is 18.1 Å². The highest BCUT2D eigenvalue weighted by Crippen LogP contribution is 2.28.